The van der Waals surface area contributed by atoms with E-state index in [4.69, 9.17) is 20.8 Å². The maximum atomic E-state index is 12.4. The second-order valence-corrected chi connectivity index (χ2v) is 5.86. The molecule has 0 fully saturated rings. The number of rotatable bonds is 5. The van der Waals surface area contributed by atoms with E-state index in [0.29, 0.717) is 28.6 Å². The Morgan fingerprint density at radius 3 is 2.84 bits per heavy atom. The Balaban J connectivity index is 1.76. The van der Waals surface area contributed by atoms with Gasteiger partial charge in [0.15, 0.2) is 0 Å². The summed E-state index contributed by atoms with van der Waals surface area (Å²) in [6, 6.07) is 8.59. The number of hydrogen-bond donors (Lipinski definition) is 1. The molecule has 0 unspecified atom stereocenters. The first kappa shape index (κ1) is 16.9. The minimum Gasteiger partial charge on any atom is -0.474 e. The highest BCUT2D eigenvalue weighted by Gasteiger charge is 2.13. The molecule has 1 N–H and O–H groups in total. The molecule has 0 bridgehead atoms. The van der Waals surface area contributed by atoms with Crippen LogP contribution in [0.5, 0.6) is 5.88 Å². The van der Waals surface area contributed by atoms with Gasteiger partial charge in [-0.05, 0) is 38.1 Å². The van der Waals surface area contributed by atoms with Gasteiger partial charge in [0, 0.05) is 17.4 Å². The fourth-order valence-corrected chi connectivity index (χ4v) is 2.30. The molecule has 1 amide bonds. The fourth-order valence-electron chi connectivity index (χ4n) is 2.09. The van der Waals surface area contributed by atoms with Crippen molar-refractivity contribution in [2.24, 2.45) is 0 Å². The summed E-state index contributed by atoms with van der Waals surface area (Å²) in [7, 11) is 0. The zero-order valence-corrected chi connectivity index (χ0v) is 14.3. The average Bonchev–Trinajstić information content (AvgIpc) is 3.11. The van der Waals surface area contributed by atoms with Crippen molar-refractivity contribution >= 4 is 23.2 Å². The van der Waals surface area contributed by atoms with Crippen molar-refractivity contribution in [2.45, 2.75) is 20.0 Å². The number of halogens is 1. The predicted octanol–water partition coefficient (Wildman–Crippen LogP) is 3.82. The van der Waals surface area contributed by atoms with Crippen LogP contribution in [0.25, 0.3) is 11.5 Å². The highest BCUT2D eigenvalue weighted by Crippen LogP contribution is 2.25. The van der Waals surface area contributed by atoms with Gasteiger partial charge in [-0.25, -0.2) is 4.98 Å². The standard InChI is InChI=1S/C17H15ClN4O3/c1-10(2)25-17-14(18)7-12(8-19-17)15(23)21-13-5-3-4-11(6-13)16-22-20-9-24-16/h3-10H,1-2H3,(H,21,23). The molecule has 0 aliphatic rings. The van der Waals surface area contributed by atoms with Gasteiger partial charge in [0.05, 0.1) is 11.7 Å². The SMILES string of the molecule is CC(C)Oc1ncc(C(=O)Nc2cccc(-c3nnco3)c2)cc1Cl. The molecule has 0 aliphatic heterocycles. The van der Waals surface area contributed by atoms with Crippen molar-refractivity contribution in [1.82, 2.24) is 15.2 Å². The van der Waals surface area contributed by atoms with Crippen LogP contribution in [0, 0.1) is 0 Å². The Kier molecular flexibility index (Phi) is 4.95. The maximum Gasteiger partial charge on any atom is 0.257 e. The first-order valence-electron chi connectivity index (χ1n) is 7.53. The summed E-state index contributed by atoms with van der Waals surface area (Å²) < 4.78 is 10.6. The van der Waals surface area contributed by atoms with Gasteiger partial charge < -0.3 is 14.5 Å². The van der Waals surface area contributed by atoms with Gasteiger partial charge >= 0.3 is 0 Å². The Labute approximate surface area is 149 Å². The molecule has 3 rings (SSSR count). The molecule has 0 atom stereocenters. The quantitative estimate of drug-likeness (QED) is 0.745. The van der Waals surface area contributed by atoms with Crippen LogP contribution in [0.3, 0.4) is 0 Å². The molecule has 2 heterocycles. The molecule has 0 spiro atoms. The van der Waals surface area contributed by atoms with E-state index < -0.39 is 0 Å². The van der Waals surface area contributed by atoms with E-state index in [-0.39, 0.29) is 17.0 Å². The summed E-state index contributed by atoms with van der Waals surface area (Å²) in [6.07, 6.45) is 2.60. The molecule has 3 aromatic rings. The van der Waals surface area contributed by atoms with E-state index in [0.717, 1.165) is 0 Å². The molecule has 0 aliphatic carbocycles. The number of amides is 1. The highest BCUT2D eigenvalue weighted by molar-refractivity contribution is 6.32. The summed E-state index contributed by atoms with van der Waals surface area (Å²) in [5, 5.41) is 10.5. The van der Waals surface area contributed by atoms with Crippen molar-refractivity contribution in [2.75, 3.05) is 5.32 Å². The number of hydrogen-bond acceptors (Lipinski definition) is 6. The molecule has 1 aromatic carbocycles. The highest BCUT2D eigenvalue weighted by atomic mass is 35.5. The van der Waals surface area contributed by atoms with Crippen LogP contribution in [-0.4, -0.2) is 27.2 Å². The molecule has 8 heteroatoms. The van der Waals surface area contributed by atoms with Gasteiger partial charge in [-0.2, -0.15) is 0 Å². The number of carbonyl (C=O) groups excluding carboxylic acids is 1. The van der Waals surface area contributed by atoms with Crippen LogP contribution in [0.2, 0.25) is 5.02 Å². The van der Waals surface area contributed by atoms with Gasteiger partial charge in [-0.3, -0.25) is 4.79 Å². The van der Waals surface area contributed by atoms with E-state index >= 15 is 0 Å². The minimum atomic E-state index is -0.340. The third-order valence-corrected chi connectivity index (χ3v) is 3.42. The Hall–Kier alpha value is -2.93. The van der Waals surface area contributed by atoms with Crippen molar-refractivity contribution in [1.29, 1.82) is 0 Å². The van der Waals surface area contributed by atoms with Crippen LogP contribution >= 0.6 is 11.6 Å². The zero-order chi connectivity index (χ0) is 17.8. The summed E-state index contributed by atoms with van der Waals surface area (Å²) in [5.74, 6) is 0.329. The monoisotopic (exact) mass is 358 g/mol. The van der Waals surface area contributed by atoms with Crippen LogP contribution in [0.15, 0.2) is 47.3 Å². The normalized spacial score (nSPS) is 10.7. The van der Waals surface area contributed by atoms with E-state index in [2.05, 4.69) is 20.5 Å². The number of anilines is 1. The van der Waals surface area contributed by atoms with Crippen LogP contribution < -0.4 is 10.1 Å². The fraction of sp³-hybridized carbons (Fsp3) is 0.176. The molecule has 0 radical (unpaired) electrons. The molecular formula is C17H15ClN4O3. The lowest BCUT2D eigenvalue weighted by Crippen LogP contribution is -2.13. The van der Waals surface area contributed by atoms with E-state index in [1.807, 2.05) is 13.8 Å². The summed E-state index contributed by atoms with van der Waals surface area (Å²) >= 11 is 6.12. The third kappa shape index (κ3) is 4.13. The molecule has 2 aromatic heterocycles. The third-order valence-electron chi connectivity index (χ3n) is 3.14. The Bertz CT molecular complexity index is 881. The Morgan fingerprint density at radius 1 is 1.32 bits per heavy atom. The number of nitrogens with zero attached hydrogens (tertiary/aromatic N) is 3. The van der Waals surface area contributed by atoms with Gasteiger partial charge in [0.25, 0.3) is 5.91 Å². The van der Waals surface area contributed by atoms with Crippen LogP contribution in [0.1, 0.15) is 24.2 Å². The number of pyridine rings is 1. The summed E-state index contributed by atoms with van der Waals surface area (Å²) in [4.78, 5) is 16.5. The van der Waals surface area contributed by atoms with Crippen molar-refractivity contribution < 1.29 is 13.9 Å². The molecular weight excluding hydrogens is 344 g/mol. The largest absolute Gasteiger partial charge is 0.474 e. The number of benzene rings is 1. The molecule has 128 valence electrons. The summed E-state index contributed by atoms with van der Waals surface area (Å²) in [6.45, 7) is 3.74. The average molecular weight is 359 g/mol. The van der Waals surface area contributed by atoms with E-state index in [9.17, 15) is 4.79 Å². The van der Waals surface area contributed by atoms with Gasteiger partial charge in [-0.1, -0.05) is 17.7 Å². The second kappa shape index (κ2) is 7.31. The smallest absolute Gasteiger partial charge is 0.257 e. The van der Waals surface area contributed by atoms with E-state index in [1.165, 1.54) is 18.7 Å². The van der Waals surface area contributed by atoms with E-state index in [1.54, 1.807) is 24.3 Å². The van der Waals surface area contributed by atoms with Gasteiger partial charge in [0.2, 0.25) is 18.2 Å². The lowest BCUT2D eigenvalue weighted by molar-refractivity contribution is 0.102. The Morgan fingerprint density at radius 2 is 2.16 bits per heavy atom. The summed E-state index contributed by atoms with van der Waals surface area (Å²) in [5.41, 5.74) is 1.61. The number of carbonyl (C=O) groups is 1. The number of aromatic nitrogens is 3. The first-order valence-corrected chi connectivity index (χ1v) is 7.91. The lowest BCUT2D eigenvalue weighted by Gasteiger charge is -2.11. The molecule has 0 saturated carbocycles. The van der Waals surface area contributed by atoms with Crippen LogP contribution in [0.4, 0.5) is 5.69 Å². The lowest BCUT2D eigenvalue weighted by atomic mass is 10.2. The van der Waals surface area contributed by atoms with Crippen molar-refractivity contribution in [3.8, 4) is 17.3 Å². The molecule has 7 nitrogen and oxygen atoms in total. The zero-order valence-electron chi connectivity index (χ0n) is 13.6. The van der Waals surface area contributed by atoms with Crippen LogP contribution in [-0.2, 0) is 0 Å². The van der Waals surface area contributed by atoms with Gasteiger partial charge in [0.1, 0.15) is 5.02 Å². The molecule has 25 heavy (non-hydrogen) atoms. The topological polar surface area (TPSA) is 90.1 Å². The first-order chi connectivity index (χ1) is 12.0. The van der Waals surface area contributed by atoms with Gasteiger partial charge in [-0.15, -0.1) is 10.2 Å². The predicted molar refractivity (Wildman–Crippen MR) is 92.7 cm³/mol. The maximum absolute atomic E-state index is 12.4. The number of ether oxygens (including phenoxy) is 1. The number of nitrogens with one attached hydrogen (secondary N) is 1. The minimum absolute atomic E-state index is 0.0582. The van der Waals surface area contributed by atoms with Crippen molar-refractivity contribution in [3.05, 3.63) is 53.5 Å². The second-order valence-electron chi connectivity index (χ2n) is 5.46. The molecule has 0 saturated heterocycles. The van der Waals surface area contributed by atoms with Crippen molar-refractivity contribution in [3.63, 3.8) is 0 Å².